The number of aromatic nitrogens is 2. The fourth-order valence-corrected chi connectivity index (χ4v) is 3.65. The lowest BCUT2D eigenvalue weighted by atomic mass is 10.2. The molecule has 0 aliphatic heterocycles. The number of thiophene rings is 1. The number of rotatable bonds is 2. The molecular formula is C13H11N3S2. The van der Waals surface area contributed by atoms with Crippen molar-refractivity contribution in [2.24, 2.45) is 0 Å². The maximum atomic E-state index is 5.74. The lowest BCUT2D eigenvalue weighted by Crippen LogP contribution is -1.95. The first-order chi connectivity index (χ1) is 8.72. The van der Waals surface area contributed by atoms with Crippen LogP contribution in [-0.4, -0.2) is 9.97 Å². The van der Waals surface area contributed by atoms with Crippen LogP contribution in [0.25, 0.3) is 10.2 Å². The number of aryl methyl sites for hydroxylation is 1. The summed E-state index contributed by atoms with van der Waals surface area (Å²) in [5.74, 6) is 0.330. The lowest BCUT2D eigenvalue weighted by molar-refractivity contribution is 1.13. The summed E-state index contributed by atoms with van der Waals surface area (Å²) in [5, 5.41) is 2.94. The minimum Gasteiger partial charge on any atom is -0.368 e. The van der Waals surface area contributed by atoms with Crippen molar-refractivity contribution >= 4 is 39.3 Å². The normalized spacial score (nSPS) is 10.9. The Hall–Kier alpha value is -1.59. The van der Waals surface area contributed by atoms with Crippen molar-refractivity contribution in [3.8, 4) is 0 Å². The highest BCUT2D eigenvalue weighted by molar-refractivity contribution is 7.99. The molecule has 0 spiro atoms. The molecule has 1 aromatic carbocycles. The van der Waals surface area contributed by atoms with Crippen LogP contribution < -0.4 is 5.73 Å². The average Bonchev–Trinajstić information content (AvgIpc) is 2.77. The third-order valence-corrected chi connectivity index (χ3v) is 4.51. The van der Waals surface area contributed by atoms with Crippen LogP contribution in [0.1, 0.15) is 5.56 Å². The van der Waals surface area contributed by atoms with E-state index in [1.54, 1.807) is 23.1 Å². The first-order valence-electron chi connectivity index (χ1n) is 5.47. The zero-order valence-electron chi connectivity index (χ0n) is 9.75. The molecule has 0 aliphatic carbocycles. The van der Waals surface area contributed by atoms with E-state index >= 15 is 0 Å². The zero-order chi connectivity index (χ0) is 12.5. The molecule has 18 heavy (non-hydrogen) atoms. The SMILES string of the molecule is Cc1cccc(Sc2nc(N)nc3ccsc23)c1. The number of nitrogens with two attached hydrogens (primary N) is 1. The molecule has 2 N–H and O–H groups in total. The van der Waals surface area contributed by atoms with Gasteiger partial charge in [0, 0.05) is 4.90 Å². The fourth-order valence-electron chi connectivity index (χ4n) is 1.71. The van der Waals surface area contributed by atoms with Gasteiger partial charge in [0.1, 0.15) is 5.03 Å². The van der Waals surface area contributed by atoms with Crippen LogP contribution in [0.15, 0.2) is 45.6 Å². The average molecular weight is 273 g/mol. The summed E-state index contributed by atoms with van der Waals surface area (Å²) >= 11 is 3.27. The third-order valence-electron chi connectivity index (χ3n) is 2.49. The second kappa shape index (κ2) is 4.59. The van der Waals surface area contributed by atoms with Crippen LogP contribution in [0.3, 0.4) is 0 Å². The Morgan fingerprint density at radius 3 is 2.94 bits per heavy atom. The van der Waals surface area contributed by atoms with Crippen LogP contribution in [0.5, 0.6) is 0 Å². The highest BCUT2D eigenvalue weighted by atomic mass is 32.2. The van der Waals surface area contributed by atoms with E-state index in [1.807, 2.05) is 17.5 Å². The second-order valence-electron chi connectivity index (χ2n) is 3.94. The summed E-state index contributed by atoms with van der Waals surface area (Å²) in [5.41, 5.74) is 7.90. The van der Waals surface area contributed by atoms with E-state index < -0.39 is 0 Å². The first kappa shape index (κ1) is 11.5. The van der Waals surface area contributed by atoms with Crippen LogP contribution in [0.4, 0.5) is 5.95 Å². The highest BCUT2D eigenvalue weighted by Crippen LogP contribution is 2.34. The number of hydrogen-bond acceptors (Lipinski definition) is 5. The zero-order valence-corrected chi connectivity index (χ0v) is 11.4. The van der Waals surface area contributed by atoms with E-state index in [0.717, 1.165) is 15.2 Å². The maximum Gasteiger partial charge on any atom is 0.221 e. The van der Waals surface area contributed by atoms with Crippen molar-refractivity contribution < 1.29 is 0 Å². The highest BCUT2D eigenvalue weighted by Gasteiger charge is 2.09. The summed E-state index contributed by atoms with van der Waals surface area (Å²) in [6.45, 7) is 2.08. The van der Waals surface area contributed by atoms with Gasteiger partial charge in [-0.2, -0.15) is 0 Å². The van der Waals surface area contributed by atoms with Crippen molar-refractivity contribution in [2.45, 2.75) is 16.8 Å². The summed E-state index contributed by atoms with van der Waals surface area (Å²) < 4.78 is 1.09. The third kappa shape index (κ3) is 2.19. The predicted molar refractivity (Wildman–Crippen MR) is 77.1 cm³/mol. The van der Waals surface area contributed by atoms with Crippen LogP contribution >= 0.6 is 23.1 Å². The molecule has 0 saturated heterocycles. The molecule has 0 radical (unpaired) electrons. The molecule has 0 bridgehead atoms. The molecule has 0 fully saturated rings. The van der Waals surface area contributed by atoms with E-state index in [9.17, 15) is 0 Å². The van der Waals surface area contributed by atoms with Gasteiger partial charge in [-0.1, -0.05) is 29.5 Å². The molecule has 0 aliphatic rings. The first-order valence-corrected chi connectivity index (χ1v) is 7.17. The van der Waals surface area contributed by atoms with E-state index in [4.69, 9.17) is 5.73 Å². The minimum atomic E-state index is 0.330. The summed E-state index contributed by atoms with van der Waals surface area (Å²) in [7, 11) is 0. The van der Waals surface area contributed by atoms with E-state index in [2.05, 4.69) is 35.1 Å². The molecule has 3 rings (SSSR count). The summed E-state index contributed by atoms with van der Waals surface area (Å²) in [4.78, 5) is 9.73. The van der Waals surface area contributed by atoms with Crippen molar-refractivity contribution in [2.75, 3.05) is 5.73 Å². The van der Waals surface area contributed by atoms with Gasteiger partial charge >= 0.3 is 0 Å². The van der Waals surface area contributed by atoms with Gasteiger partial charge in [0.2, 0.25) is 5.95 Å². The quantitative estimate of drug-likeness (QED) is 0.723. The summed E-state index contributed by atoms with van der Waals surface area (Å²) in [6.07, 6.45) is 0. The van der Waals surface area contributed by atoms with Crippen LogP contribution in [0, 0.1) is 6.92 Å². The van der Waals surface area contributed by atoms with Crippen LogP contribution in [0.2, 0.25) is 0 Å². The smallest absolute Gasteiger partial charge is 0.221 e. The Bertz CT molecular complexity index is 706. The second-order valence-corrected chi connectivity index (χ2v) is 5.92. The van der Waals surface area contributed by atoms with Crippen LogP contribution in [-0.2, 0) is 0 Å². The molecule has 0 saturated carbocycles. The molecule has 3 aromatic rings. The molecule has 5 heteroatoms. The number of nitrogens with zero attached hydrogens (tertiary/aromatic N) is 2. The molecule has 0 atom stereocenters. The van der Waals surface area contributed by atoms with E-state index in [-0.39, 0.29) is 0 Å². The Morgan fingerprint density at radius 2 is 2.11 bits per heavy atom. The number of anilines is 1. The molecule has 2 aromatic heterocycles. The van der Waals surface area contributed by atoms with Gasteiger partial charge in [-0.3, -0.25) is 0 Å². The van der Waals surface area contributed by atoms with Crippen molar-refractivity contribution in [3.05, 3.63) is 41.3 Å². The monoisotopic (exact) mass is 273 g/mol. The molecule has 2 heterocycles. The predicted octanol–water partition coefficient (Wildman–Crippen LogP) is 3.73. The van der Waals surface area contributed by atoms with Gasteiger partial charge in [0.25, 0.3) is 0 Å². The molecular weight excluding hydrogens is 262 g/mol. The number of fused-ring (bicyclic) bond motifs is 1. The topological polar surface area (TPSA) is 51.8 Å². The van der Waals surface area contributed by atoms with Gasteiger partial charge in [-0.25, -0.2) is 9.97 Å². The number of benzene rings is 1. The molecule has 0 amide bonds. The molecule has 90 valence electrons. The Kier molecular flexibility index (Phi) is 2.93. The van der Waals surface area contributed by atoms with Gasteiger partial charge in [-0.15, -0.1) is 11.3 Å². The van der Waals surface area contributed by atoms with Gasteiger partial charge in [-0.05, 0) is 30.5 Å². The maximum absolute atomic E-state index is 5.74. The lowest BCUT2D eigenvalue weighted by Gasteiger charge is -2.04. The summed E-state index contributed by atoms with van der Waals surface area (Å²) in [6, 6.07) is 10.3. The van der Waals surface area contributed by atoms with Crippen molar-refractivity contribution in [1.29, 1.82) is 0 Å². The van der Waals surface area contributed by atoms with Gasteiger partial charge < -0.3 is 5.73 Å². The molecule has 0 unspecified atom stereocenters. The largest absolute Gasteiger partial charge is 0.368 e. The Morgan fingerprint density at radius 1 is 1.22 bits per heavy atom. The molecule has 3 nitrogen and oxygen atoms in total. The number of nitrogen functional groups attached to an aromatic ring is 1. The van der Waals surface area contributed by atoms with E-state index in [1.165, 1.54) is 10.5 Å². The van der Waals surface area contributed by atoms with E-state index in [0.29, 0.717) is 5.95 Å². The Labute approximate surface area is 113 Å². The van der Waals surface area contributed by atoms with Crippen molar-refractivity contribution in [1.82, 2.24) is 9.97 Å². The fraction of sp³-hybridized carbons (Fsp3) is 0.0769. The van der Waals surface area contributed by atoms with Gasteiger partial charge in [0.15, 0.2) is 0 Å². The van der Waals surface area contributed by atoms with Gasteiger partial charge in [0.05, 0.1) is 10.2 Å². The standard InChI is InChI=1S/C13H11N3S2/c1-8-3-2-4-9(7-8)18-12-11-10(5-6-17-11)15-13(14)16-12/h2-7H,1H3,(H2,14,15,16). The minimum absolute atomic E-state index is 0.330. The Balaban J connectivity index is 2.06. The van der Waals surface area contributed by atoms with Crippen molar-refractivity contribution in [3.63, 3.8) is 0 Å². The number of hydrogen-bond donors (Lipinski definition) is 1.